The number of thioether (sulfide) groups is 1. The van der Waals surface area contributed by atoms with Gasteiger partial charge in [0.2, 0.25) is 0 Å². The smallest absolute Gasteiger partial charge is 0.170 e. The first-order chi connectivity index (χ1) is 9.43. The molecule has 3 nitrogen and oxygen atoms in total. The van der Waals surface area contributed by atoms with Crippen molar-refractivity contribution in [2.24, 2.45) is 5.41 Å². The number of rotatable bonds is 1. The normalized spacial score (nSPS) is 27.9. The first kappa shape index (κ1) is 13.8. The Bertz CT molecular complexity index is 553. The number of carbonyl (C=O) groups is 1. The summed E-state index contributed by atoms with van der Waals surface area (Å²) in [7, 11) is 1.61. The van der Waals surface area contributed by atoms with Gasteiger partial charge in [-0.3, -0.25) is 4.79 Å². The fourth-order valence-corrected chi connectivity index (χ4v) is 4.66. The maximum Gasteiger partial charge on any atom is 0.170 e. The molecule has 0 bridgehead atoms. The fourth-order valence-electron chi connectivity index (χ4n) is 3.27. The highest BCUT2D eigenvalue weighted by Crippen LogP contribution is 2.47. The third-order valence-electron chi connectivity index (χ3n) is 3.95. The zero-order valence-electron chi connectivity index (χ0n) is 12.2. The molecule has 1 aromatic carbocycles. The number of hydrogen-bond acceptors (Lipinski definition) is 4. The van der Waals surface area contributed by atoms with Crippen LogP contribution in [0.1, 0.15) is 37.0 Å². The molecule has 1 saturated heterocycles. The highest BCUT2D eigenvalue weighted by molar-refractivity contribution is 7.99. The fraction of sp³-hybridized carbons (Fsp3) is 0.562. The Labute approximate surface area is 124 Å². The van der Waals surface area contributed by atoms with Gasteiger partial charge < -0.3 is 9.47 Å². The van der Waals surface area contributed by atoms with Gasteiger partial charge in [-0.2, -0.15) is 11.8 Å². The van der Waals surface area contributed by atoms with E-state index in [1.807, 2.05) is 23.9 Å². The zero-order valence-corrected chi connectivity index (χ0v) is 13.0. The second-order valence-electron chi connectivity index (χ2n) is 6.58. The summed E-state index contributed by atoms with van der Waals surface area (Å²) in [6.45, 7) is 4.50. The summed E-state index contributed by atoms with van der Waals surface area (Å²) in [5.41, 5.74) is 0.543. The van der Waals surface area contributed by atoms with E-state index >= 15 is 0 Å². The van der Waals surface area contributed by atoms with Crippen LogP contribution in [-0.4, -0.2) is 30.0 Å². The minimum Gasteiger partial charge on any atom is -0.497 e. The summed E-state index contributed by atoms with van der Waals surface area (Å²) in [4.78, 5) is 12.5. The standard InChI is InChI=1S/C16H20O3S/c1-15(2)8-16(10-20-9-15)7-13(17)12-6-11(18-3)4-5-14(12)19-16/h4-6H,7-10H2,1-3H3. The third-order valence-corrected chi connectivity index (χ3v) is 5.67. The van der Waals surface area contributed by atoms with Crippen molar-refractivity contribution in [3.63, 3.8) is 0 Å². The molecule has 0 saturated carbocycles. The van der Waals surface area contributed by atoms with Gasteiger partial charge in [0.05, 0.1) is 19.1 Å². The van der Waals surface area contributed by atoms with Crippen LogP contribution in [0.4, 0.5) is 0 Å². The van der Waals surface area contributed by atoms with E-state index in [1.165, 1.54) is 0 Å². The Morgan fingerprint density at radius 2 is 2.10 bits per heavy atom. The predicted molar refractivity (Wildman–Crippen MR) is 81.0 cm³/mol. The van der Waals surface area contributed by atoms with Crippen molar-refractivity contribution in [1.29, 1.82) is 0 Å². The van der Waals surface area contributed by atoms with Gasteiger partial charge in [0.15, 0.2) is 5.78 Å². The average molecular weight is 292 g/mol. The minimum atomic E-state index is -0.328. The van der Waals surface area contributed by atoms with E-state index in [0.29, 0.717) is 23.5 Å². The number of Topliss-reactive ketones (excluding diaryl/α,β-unsaturated/α-hetero) is 1. The van der Waals surface area contributed by atoms with Crippen LogP contribution in [0.3, 0.4) is 0 Å². The molecule has 1 atom stereocenters. The van der Waals surface area contributed by atoms with Crippen LogP contribution in [0.25, 0.3) is 0 Å². The van der Waals surface area contributed by atoms with Crippen molar-refractivity contribution in [3.8, 4) is 11.5 Å². The molecule has 1 spiro atoms. The summed E-state index contributed by atoms with van der Waals surface area (Å²) in [5, 5.41) is 0. The Morgan fingerprint density at radius 3 is 2.80 bits per heavy atom. The Hall–Kier alpha value is -1.16. The van der Waals surface area contributed by atoms with E-state index in [2.05, 4.69) is 13.8 Å². The molecular weight excluding hydrogens is 272 g/mol. The van der Waals surface area contributed by atoms with Crippen LogP contribution in [0.5, 0.6) is 11.5 Å². The van der Waals surface area contributed by atoms with E-state index in [0.717, 1.165) is 17.9 Å². The van der Waals surface area contributed by atoms with Crippen LogP contribution in [0, 0.1) is 5.41 Å². The van der Waals surface area contributed by atoms with Gasteiger partial charge in [-0.05, 0) is 35.8 Å². The summed E-state index contributed by atoms with van der Waals surface area (Å²) >= 11 is 1.89. The second kappa shape index (κ2) is 4.69. The van der Waals surface area contributed by atoms with E-state index in [-0.39, 0.29) is 16.8 Å². The molecule has 1 unspecified atom stereocenters. The highest BCUT2D eigenvalue weighted by Gasteiger charge is 2.47. The molecule has 0 radical (unpaired) electrons. The van der Waals surface area contributed by atoms with E-state index in [1.54, 1.807) is 13.2 Å². The van der Waals surface area contributed by atoms with Crippen molar-refractivity contribution >= 4 is 17.5 Å². The van der Waals surface area contributed by atoms with Gasteiger partial charge in [0.1, 0.15) is 17.1 Å². The van der Waals surface area contributed by atoms with Gasteiger partial charge in [-0.1, -0.05) is 13.8 Å². The van der Waals surface area contributed by atoms with Gasteiger partial charge in [-0.25, -0.2) is 0 Å². The molecule has 108 valence electrons. The maximum absolute atomic E-state index is 12.5. The van der Waals surface area contributed by atoms with E-state index < -0.39 is 0 Å². The van der Waals surface area contributed by atoms with E-state index in [9.17, 15) is 4.79 Å². The molecular formula is C16H20O3S. The average Bonchev–Trinajstić information content (AvgIpc) is 2.37. The molecule has 0 N–H and O–H groups in total. The third kappa shape index (κ3) is 2.41. The first-order valence-electron chi connectivity index (χ1n) is 6.91. The summed E-state index contributed by atoms with van der Waals surface area (Å²) in [6.07, 6.45) is 1.41. The Morgan fingerprint density at radius 1 is 1.30 bits per heavy atom. The molecule has 0 aromatic heterocycles. The van der Waals surface area contributed by atoms with Crippen molar-refractivity contribution < 1.29 is 14.3 Å². The SMILES string of the molecule is COc1ccc2c(c1)C(=O)CC1(CSCC(C)(C)C1)O2. The van der Waals surface area contributed by atoms with Crippen LogP contribution in [0.15, 0.2) is 18.2 Å². The topological polar surface area (TPSA) is 35.5 Å². The molecule has 1 aromatic rings. The number of benzene rings is 1. The van der Waals surface area contributed by atoms with Gasteiger partial charge in [0.25, 0.3) is 0 Å². The van der Waals surface area contributed by atoms with Gasteiger partial charge in [0, 0.05) is 5.75 Å². The number of carbonyl (C=O) groups excluding carboxylic acids is 1. The predicted octanol–water partition coefficient (Wildman–Crippen LogP) is 3.56. The van der Waals surface area contributed by atoms with Crippen molar-refractivity contribution in [2.45, 2.75) is 32.3 Å². The van der Waals surface area contributed by atoms with Crippen LogP contribution < -0.4 is 9.47 Å². The number of ketones is 1. The number of ether oxygens (including phenoxy) is 2. The molecule has 4 heteroatoms. The number of methoxy groups -OCH3 is 1. The Balaban J connectivity index is 1.94. The maximum atomic E-state index is 12.5. The lowest BCUT2D eigenvalue weighted by Gasteiger charge is -2.46. The molecule has 1 fully saturated rings. The lowest BCUT2D eigenvalue weighted by molar-refractivity contribution is 0.0255. The van der Waals surface area contributed by atoms with Crippen LogP contribution in [-0.2, 0) is 0 Å². The molecule has 2 aliphatic heterocycles. The van der Waals surface area contributed by atoms with Gasteiger partial charge in [-0.15, -0.1) is 0 Å². The minimum absolute atomic E-state index is 0.170. The first-order valence-corrected chi connectivity index (χ1v) is 8.07. The van der Waals surface area contributed by atoms with Crippen molar-refractivity contribution in [1.82, 2.24) is 0 Å². The molecule has 20 heavy (non-hydrogen) atoms. The highest BCUT2D eigenvalue weighted by atomic mass is 32.2. The summed E-state index contributed by atoms with van der Waals surface area (Å²) in [6, 6.07) is 5.50. The molecule has 2 aliphatic rings. The number of hydrogen-bond donors (Lipinski definition) is 0. The summed E-state index contributed by atoms with van der Waals surface area (Å²) < 4.78 is 11.5. The van der Waals surface area contributed by atoms with Gasteiger partial charge >= 0.3 is 0 Å². The van der Waals surface area contributed by atoms with Crippen LogP contribution >= 0.6 is 11.8 Å². The molecule has 0 aliphatic carbocycles. The molecule has 2 heterocycles. The van der Waals surface area contributed by atoms with Crippen LogP contribution in [0.2, 0.25) is 0 Å². The van der Waals surface area contributed by atoms with Crippen molar-refractivity contribution in [2.75, 3.05) is 18.6 Å². The molecule has 3 rings (SSSR count). The second-order valence-corrected chi connectivity index (χ2v) is 7.57. The zero-order chi connectivity index (χ0) is 14.4. The largest absolute Gasteiger partial charge is 0.497 e. The summed E-state index contributed by atoms with van der Waals surface area (Å²) in [5.74, 6) is 3.61. The number of fused-ring (bicyclic) bond motifs is 1. The Kier molecular flexibility index (Phi) is 3.24. The van der Waals surface area contributed by atoms with Crippen molar-refractivity contribution in [3.05, 3.63) is 23.8 Å². The lowest BCUT2D eigenvalue weighted by atomic mass is 9.77. The quantitative estimate of drug-likeness (QED) is 0.793. The lowest BCUT2D eigenvalue weighted by Crippen LogP contribution is -2.50. The molecule has 0 amide bonds. The van der Waals surface area contributed by atoms with E-state index in [4.69, 9.17) is 9.47 Å². The monoisotopic (exact) mass is 292 g/mol.